The van der Waals surface area contributed by atoms with E-state index in [1.807, 2.05) is 18.2 Å². The number of benzene rings is 1. The van der Waals surface area contributed by atoms with Gasteiger partial charge in [0.25, 0.3) is 0 Å². The van der Waals surface area contributed by atoms with Gasteiger partial charge in [-0.2, -0.15) is 0 Å². The highest BCUT2D eigenvalue weighted by atomic mass is 35.5. The molecule has 112 valence electrons. The maximum atomic E-state index is 6.31. The molecule has 1 unspecified atom stereocenters. The minimum Gasteiger partial charge on any atom is -0.302 e. The molecule has 0 bridgehead atoms. The second-order valence-corrected chi connectivity index (χ2v) is 6.63. The fourth-order valence-corrected chi connectivity index (χ4v) is 3.82. The Morgan fingerprint density at radius 2 is 1.95 bits per heavy atom. The van der Waals surface area contributed by atoms with E-state index < -0.39 is 0 Å². The van der Waals surface area contributed by atoms with Gasteiger partial charge in [-0.05, 0) is 45.0 Å². The predicted molar refractivity (Wildman–Crippen MR) is 86.2 cm³/mol. The smallest absolute Gasteiger partial charge is 0.0624 e. The molecule has 1 aliphatic carbocycles. The van der Waals surface area contributed by atoms with Crippen molar-refractivity contribution in [3.63, 3.8) is 0 Å². The van der Waals surface area contributed by atoms with E-state index in [0.717, 1.165) is 24.8 Å². The van der Waals surface area contributed by atoms with Crippen molar-refractivity contribution < 1.29 is 0 Å². The van der Waals surface area contributed by atoms with Crippen LogP contribution in [0.4, 0.5) is 0 Å². The van der Waals surface area contributed by atoms with Crippen LogP contribution in [0.5, 0.6) is 0 Å². The van der Waals surface area contributed by atoms with Crippen LogP contribution in [0.25, 0.3) is 0 Å². The molecule has 1 atom stereocenters. The number of hydrogen-bond acceptors (Lipinski definition) is 3. The number of hydrazine groups is 1. The lowest BCUT2D eigenvalue weighted by Gasteiger charge is -2.43. The summed E-state index contributed by atoms with van der Waals surface area (Å²) in [5.41, 5.74) is 4.17. The second-order valence-electron chi connectivity index (χ2n) is 5.84. The lowest BCUT2D eigenvalue weighted by Crippen LogP contribution is -2.60. The van der Waals surface area contributed by atoms with Crippen molar-refractivity contribution in [3.8, 4) is 0 Å². The van der Waals surface area contributed by atoms with Crippen LogP contribution in [0.1, 0.15) is 31.2 Å². The van der Waals surface area contributed by atoms with Gasteiger partial charge in [-0.1, -0.05) is 48.2 Å². The first-order valence-electron chi connectivity index (χ1n) is 7.07. The molecule has 0 heterocycles. The van der Waals surface area contributed by atoms with Gasteiger partial charge in [-0.25, -0.2) is 0 Å². The largest absolute Gasteiger partial charge is 0.302 e. The maximum absolute atomic E-state index is 6.31. The number of nitrogens with zero attached hydrogens (tertiary/aromatic N) is 1. The standard InChI is InChI=1S/C15H23Cl2N3/c1-20(2)15(8-3-4-9-15)13(19-18)10-11-6-5-7-12(16)14(11)17/h5-7,13,19H,3-4,8-10,18H2,1-2H3. The number of rotatable bonds is 5. The monoisotopic (exact) mass is 315 g/mol. The molecule has 0 saturated heterocycles. The molecule has 20 heavy (non-hydrogen) atoms. The molecule has 3 nitrogen and oxygen atoms in total. The van der Waals surface area contributed by atoms with Crippen molar-refractivity contribution in [2.45, 2.75) is 43.7 Å². The number of hydrogen-bond donors (Lipinski definition) is 2. The molecule has 0 aliphatic heterocycles. The fourth-order valence-electron chi connectivity index (χ4n) is 3.42. The van der Waals surface area contributed by atoms with Gasteiger partial charge in [0.05, 0.1) is 10.0 Å². The van der Waals surface area contributed by atoms with E-state index in [2.05, 4.69) is 24.4 Å². The van der Waals surface area contributed by atoms with Crippen molar-refractivity contribution in [1.82, 2.24) is 10.3 Å². The summed E-state index contributed by atoms with van der Waals surface area (Å²) < 4.78 is 0. The van der Waals surface area contributed by atoms with Crippen LogP contribution in [0.3, 0.4) is 0 Å². The van der Waals surface area contributed by atoms with Crippen LogP contribution in [0, 0.1) is 0 Å². The van der Waals surface area contributed by atoms with Crippen LogP contribution < -0.4 is 11.3 Å². The van der Waals surface area contributed by atoms with Crippen LogP contribution in [0.2, 0.25) is 10.0 Å². The van der Waals surface area contributed by atoms with Gasteiger partial charge >= 0.3 is 0 Å². The first kappa shape index (κ1) is 16.1. The van der Waals surface area contributed by atoms with Crippen LogP contribution >= 0.6 is 23.2 Å². The molecule has 1 aliphatic rings. The van der Waals surface area contributed by atoms with E-state index in [1.165, 1.54) is 12.8 Å². The first-order valence-corrected chi connectivity index (χ1v) is 7.83. The summed E-state index contributed by atoms with van der Waals surface area (Å²) in [5, 5.41) is 1.24. The molecule has 1 aromatic rings. The third kappa shape index (κ3) is 2.97. The zero-order chi connectivity index (χ0) is 14.8. The minimum absolute atomic E-state index is 0.0976. The van der Waals surface area contributed by atoms with Gasteiger partial charge in [-0.3, -0.25) is 11.3 Å². The SMILES string of the molecule is CN(C)C1(C(Cc2cccc(Cl)c2Cl)NN)CCCC1. The van der Waals surface area contributed by atoms with E-state index in [4.69, 9.17) is 29.0 Å². The van der Waals surface area contributed by atoms with Crippen LogP contribution in [0.15, 0.2) is 18.2 Å². The second kappa shape index (κ2) is 6.63. The van der Waals surface area contributed by atoms with Crippen molar-refractivity contribution in [1.29, 1.82) is 0 Å². The summed E-state index contributed by atoms with van der Waals surface area (Å²) in [4.78, 5) is 2.31. The highest BCUT2D eigenvalue weighted by Gasteiger charge is 2.42. The Morgan fingerprint density at radius 1 is 1.30 bits per heavy atom. The summed E-state index contributed by atoms with van der Waals surface area (Å²) in [5.74, 6) is 5.86. The quantitative estimate of drug-likeness (QED) is 0.647. The average molecular weight is 316 g/mol. The van der Waals surface area contributed by atoms with E-state index >= 15 is 0 Å². The zero-order valence-corrected chi connectivity index (χ0v) is 13.6. The normalized spacial score (nSPS) is 19.5. The summed E-state index contributed by atoms with van der Waals surface area (Å²) >= 11 is 12.4. The molecule has 5 heteroatoms. The third-order valence-electron chi connectivity index (χ3n) is 4.67. The molecule has 1 fully saturated rings. The average Bonchev–Trinajstić information content (AvgIpc) is 2.91. The topological polar surface area (TPSA) is 41.3 Å². The Morgan fingerprint density at radius 3 is 2.50 bits per heavy atom. The summed E-state index contributed by atoms with van der Waals surface area (Å²) in [6.45, 7) is 0. The molecule has 1 saturated carbocycles. The van der Waals surface area contributed by atoms with E-state index in [-0.39, 0.29) is 11.6 Å². The molecular weight excluding hydrogens is 293 g/mol. The van der Waals surface area contributed by atoms with Crippen LogP contribution in [-0.4, -0.2) is 30.6 Å². The Labute approximate surface area is 131 Å². The number of halogens is 2. The first-order chi connectivity index (χ1) is 9.51. The predicted octanol–water partition coefficient (Wildman–Crippen LogP) is 3.24. The zero-order valence-electron chi connectivity index (χ0n) is 12.1. The molecule has 0 radical (unpaired) electrons. The Hall–Kier alpha value is -0.320. The maximum Gasteiger partial charge on any atom is 0.0624 e. The molecule has 0 amide bonds. The van der Waals surface area contributed by atoms with E-state index in [9.17, 15) is 0 Å². The van der Waals surface area contributed by atoms with Gasteiger partial charge < -0.3 is 4.90 Å². The lowest BCUT2D eigenvalue weighted by molar-refractivity contribution is 0.104. The molecular formula is C15H23Cl2N3. The number of nitrogens with one attached hydrogen (secondary N) is 1. The van der Waals surface area contributed by atoms with E-state index in [0.29, 0.717) is 10.0 Å². The van der Waals surface area contributed by atoms with Gasteiger partial charge in [0.1, 0.15) is 0 Å². The van der Waals surface area contributed by atoms with Crippen molar-refractivity contribution >= 4 is 23.2 Å². The summed E-state index contributed by atoms with van der Waals surface area (Å²) in [7, 11) is 4.27. The van der Waals surface area contributed by atoms with Gasteiger partial charge in [0, 0.05) is 11.6 Å². The summed E-state index contributed by atoms with van der Waals surface area (Å²) in [6.07, 6.45) is 5.60. The lowest BCUT2D eigenvalue weighted by atomic mass is 9.83. The summed E-state index contributed by atoms with van der Waals surface area (Å²) in [6, 6.07) is 5.94. The Bertz CT molecular complexity index is 456. The molecule has 3 N–H and O–H groups in total. The Kier molecular flexibility index (Phi) is 5.32. The highest BCUT2D eigenvalue weighted by molar-refractivity contribution is 6.42. The van der Waals surface area contributed by atoms with Crippen molar-refractivity contribution in [2.24, 2.45) is 5.84 Å². The Balaban J connectivity index is 2.26. The molecule has 2 rings (SSSR count). The molecule has 1 aromatic carbocycles. The van der Waals surface area contributed by atoms with Crippen LogP contribution in [-0.2, 0) is 6.42 Å². The molecule has 0 aromatic heterocycles. The third-order valence-corrected chi connectivity index (χ3v) is 5.52. The highest BCUT2D eigenvalue weighted by Crippen LogP contribution is 2.38. The van der Waals surface area contributed by atoms with Crippen molar-refractivity contribution in [3.05, 3.63) is 33.8 Å². The van der Waals surface area contributed by atoms with Crippen molar-refractivity contribution in [2.75, 3.05) is 14.1 Å². The number of likely N-dealkylation sites (N-methyl/N-ethyl adjacent to an activating group) is 1. The van der Waals surface area contributed by atoms with Gasteiger partial charge in [0.15, 0.2) is 0 Å². The van der Waals surface area contributed by atoms with Gasteiger partial charge in [0.2, 0.25) is 0 Å². The minimum atomic E-state index is 0.0976. The van der Waals surface area contributed by atoms with E-state index in [1.54, 1.807) is 0 Å². The number of nitrogens with two attached hydrogens (primary N) is 1. The van der Waals surface area contributed by atoms with Gasteiger partial charge in [-0.15, -0.1) is 0 Å². The fraction of sp³-hybridized carbons (Fsp3) is 0.600. The molecule has 0 spiro atoms.